The fraction of sp³-hybridized carbons (Fsp3) is 0.133. The molecule has 0 saturated carbocycles. The van der Waals surface area contributed by atoms with Crippen LogP contribution in [-0.4, -0.2) is 15.0 Å². The molecule has 0 N–H and O–H groups in total. The summed E-state index contributed by atoms with van der Waals surface area (Å²) in [5, 5.41) is 1.32. The molecule has 2 aromatic heterocycles. The van der Waals surface area contributed by atoms with E-state index in [0.29, 0.717) is 5.92 Å². The predicted octanol–water partition coefficient (Wildman–Crippen LogP) is 11.3. The van der Waals surface area contributed by atoms with Crippen molar-refractivity contribution in [3.63, 3.8) is 0 Å². The topological polar surface area (TPSA) is 38.7 Å². The Morgan fingerprint density at radius 3 is 2.12 bits per heavy atom. The summed E-state index contributed by atoms with van der Waals surface area (Å²) >= 11 is 1.90. The molecule has 0 amide bonds. The van der Waals surface area contributed by atoms with Gasteiger partial charge in [0.15, 0.2) is 11.6 Å². The largest absolute Gasteiger partial charge is 0.213 e. The zero-order chi connectivity index (χ0) is 32.6. The van der Waals surface area contributed by atoms with Gasteiger partial charge in [-0.3, -0.25) is 0 Å². The summed E-state index contributed by atoms with van der Waals surface area (Å²) < 4.78 is 1.32. The molecule has 3 nitrogen and oxygen atoms in total. The van der Waals surface area contributed by atoms with Crippen LogP contribution in [0.4, 0.5) is 0 Å². The van der Waals surface area contributed by atoms with E-state index in [4.69, 9.17) is 15.0 Å². The smallest absolute Gasteiger partial charge is 0.163 e. The first-order valence-corrected chi connectivity index (χ1v) is 18.0. The lowest BCUT2D eigenvalue weighted by atomic mass is 9.84. The fourth-order valence-electron chi connectivity index (χ4n) is 7.41. The molecule has 0 bridgehead atoms. The van der Waals surface area contributed by atoms with Gasteiger partial charge >= 0.3 is 0 Å². The fourth-order valence-corrected chi connectivity index (χ4v) is 8.69. The summed E-state index contributed by atoms with van der Waals surface area (Å²) in [5.41, 5.74) is 8.61. The zero-order valence-corrected chi connectivity index (χ0v) is 27.9. The van der Waals surface area contributed by atoms with Crippen molar-refractivity contribution in [1.82, 2.24) is 15.0 Å². The molecule has 0 saturated heterocycles. The molecule has 3 unspecified atom stereocenters. The molecule has 0 aliphatic heterocycles. The molecule has 0 radical (unpaired) electrons. The Balaban J connectivity index is 1.16. The molecule has 3 aliphatic carbocycles. The Morgan fingerprint density at radius 1 is 0.571 bits per heavy atom. The van der Waals surface area contributed by atoms with E-state index < -0.39 is 0 Å². The van der Waals surface area contributed by atoms with Crippen LogP contribution >= 0.6 is 11.3 Å². The van der Waals surface area contributed by atoms with E-state index in [1.54, 1.807) is 0 Å². The van der Waals surface area contributed by atoms with Crippen LogP contribution < -0.4 is 0 Å². The maximum atomic E-state index is 5.30. The third-order valence-electron chi connectivity index (χ3n) is 9.95. The highest BCUT2D eigenvalue weighted by atomic mass is 32.1. The maximum absolute atomic E-state index is 5.30. The van der Waals surface area contributed by atoms with E-state index in [-0.39, 0.29) is 11.8 Å². The number of aromatic nitrogens is 3. The average Bonchev–Trinajstić information content (AvgIpc) is 3.57. The lowest BCUT2D eigenvalue weighted by molar-refractivity contribution is 0.743. The highest BCUT2D eigenvalue weighted by Crippen LogP contribution is 2.45. The molecule has 9 rings (SSSR count). The standard InChI is InChI=1S/C45H35N3S/c1-4-13-30(14-5-1)32-23-25-34(26-24-32)43-46-44(36-20-12-19-35(27-36)31-15-6-2-7-16-31)48-45(47-43)37-28-39(33-17-8-3-9-18-33)42-38-21-10-11-22-40(38)49-41(42)29-37/h1-13,15-26,28,30,35,37H,14,27,29H2. The van der Waals surface area contributed by atoms with Crippen molar-refractivity contribution in [2.75, 3.05) is 0 Å². The number of benzene rings is 4. The molecule has 3 aliphatic rings. The van der Waals surface area contributed by atoms with Crippen molar-refractivity contribution in [2.45, 2.75) is 37.0 Å². The van der Waals surface area contributed by atoms with Gasteiger partial charge in [-0.1, -0.05) is 152 Å². The maximum Gasteiger partial charge on any atom is 0.163 e. The highest BCUT2D eigenvalue weighted by Gasteiger charge is 2.29. The lowest BCUT2D eigenvalue weighted by Gasteiger charge is -2.23. The van der Waals surface area contributed by atoms with Crippen LogP contribution in [-0.2, 0) is 6.42 Å². The number of thiophene rings is 1. The van der Waals surface area contributed by atoms with Crippen LogP contribution in [0.15, 0.2) is 158 Å². The first kappa shape index (κ1) is 29.7. The van der Waals surface area contributed by atoms with Crippen molar-refractivity contribution < 1.29 is 0 Å². The van der Waals surface area contributed by atoms with Gasteiger partial charge in [0.1, 0.15) is 5.82 Å². The Bertz CT molecular complexity index is 2310. The molecule has 236 valence electrons. The predicted molar refractivity (Wildman–Crippen MR) is 204 cm³/mol. The van der Waals surface area contributed by atoms with E-state index in [9.17, 15) is 0 Å². The van der Waals surface area contributed by atoms with Gasteiger partial charge in [0, 0.05) is 43.8 Å². The quantitative estimate of drug-likeness (QED) is 0.180. The Labute approximate surface area is 291 Å². The molecule has 49 heavy (non-hydrogen) atoms. The highest BCUT2D eigenvalue weighted by molar-refractivity contribution is 7.19. The second-order valence-corrected chi connectivity index (χ2v) is 14.2. The average molecular weight is 650 g/mol. The van der Waals surface area contributed by atoms with E-state index in [2.05, 4.69) is 158 Å². The zero-order valence-electron chi connectivity index (χ0n) is 27.1. The first-order valence-electron chi connectivity index (χ1n) is 17.2. The van der Waals surface area contributed by atoms with Gasteiger partial charge in [-0.05, 0) is 53.2 Å². The number of rotatable bonds is 6. The molecule has 4 aromatic carbocycles. The van der Waals surface area contributed by atoms with Crippen LogP contribution in [0.3, 0.4) is 0 Å². The molecule has 4 heteroatoms. The molecule has 0 spiro atoms. The van der Waals surface area contributed by atoms with Crippen molar-refractivity contribution in [3.8, 4) is 11.4 Å². The molecule has 6 aromatic rings. The summed E-state index contributed by atoms with van der Waals surface area (Å²) in [6.07, 6.45) is 20.6. The number of fused-ring (bicyclic) bond motifs is 3. The molecule has 0 fully saturated rings. The minimum absolute atomic E-state index is 0.0133. The van der Waals surface area contributed by atoms with E-state index in [0.717, 1.165) is 47.9 Å². The van der Waals surface area contributed by atoms with E-state index in [1.807, 2.05) is 11.3 Å². The van der Waals surface area contributed by atoms with Crippen molar-refractivity contribution in [1.29, 1.82) is 0 Å². The van der Waals surface area contributed by atoms with Crippen LogP contribution in [0.2, 0.25) is 0 Å². The van der Waals surface area contributed by atoms with Gasteiger partial charge in [-0.25, -0.2) is 15.0 Å². The van der Waals surface area contributed by atoms with Gasteiger partial charge in [-0.15, -0.1) is 11.3 Å². The molecular weight excluding hydrogens is 615 g/mol. The van der Waals surface area contributed by atoms with Gasteiger partial charge in [0.2, 0.25) is 0 Å². The number of nitrogens with zero attached hydrogens (tertiary/aromatic N) is 3. The van der Waals surface area contributed by atoms with Crippen molar-refractivity contribution in [3.05, 3.63) is 197 Å². The molecular formula is C45H35N3S. The van der Waals surface area contributed by atoms with Crippen molar-refractivity contribution in [2.24, 2.45) is 0 Å². The number of hydrogen-bond acceptors (Lipinski definition) is 4. The normalized spacial score (nSPS) is 19.8. The minimum Gasteiger partial charge on any atom is -0.213 e. The van der Waals surface area contributed by atoms with Crippen LogP contribution in [0, 0.1) is 0 Å². The van der Waals surface area contributed by atoms with Gasteiger partial charge < -0.3 is 0 Å². The molecule has 2 heterocycles. The Morgan fingerprint density at radius 2 is 1.31 bits per heavy atom. The summed E-state index contributed by atoms with van der Waals surface area (Å²) in [5.74, 6) is 3.02. The Hall–Kier alpha value is -5.45. The third-order valence-corrected chi connectivity index (χ3v) is 11.1. The van der Waals surface area contributed by atoms with Gasteiger partial charge in [-0.2, -0.15) is 0 Å². The van der Waals surface area contributed by atoms with Gasteiger partial charge in [0.25, 0.3) is 0 Å². The Kier molecular flexibility index (Phi) is 7.79. The summed E-state index contributed by atoms with van der Waals surface area (Å²) in [6, 6.07) is 39.1. The molecule has 3 atom stereocenters. The second kappa shape index (κ2) is 12.9. The van der Waals surface area contributed by atoms with Crippen LogP contribution in [0.25, 0.3) is 32.6 Å². The monoisotopic (exact) mass is 649 g/mol. The van der Waals surface area contributed by atoms with Gasteiger partial charge in [0.05, 0.1) is 0 Å². The summed E-state index contributed by atoms with van der Waals surface area (Å²) in [4.78, 5) is 17.1. The third kappa shape index (κ3) is 5.83. The summed E-state index contributed by atoms with van der Waals surface area (Å²) in [7, 11) is 0. The number of allylic oxidation sites excluding steroid dienone is 9. The van der Waals surface area contributed by atoms with Crippen molar-refractivity contribution >= 4 is 32.6 Å². The van der Waals surface area contributed by atoms with E-state index in [1.165, 1.54) is 42.8 Å². The van der Waals surface area contributed by atoms with Crippen LogP contribution in [0.5, 0.6) is 0 Å². The summed E-state index contributed by atoms with van der Waals surface area (Å²) in [6.45, 7) is 0. The number of hydrogen-bond donors (Lipinski definition) is 0. The van der Waals surface area contributed by atoms with E-state index >= 15 is 0 Å². The van der Waals surface area contributed by atoms with Crippen LogP contribution in [0.1, 0.15) is 69.4 Å². The lowest BCUT2D eigenvalue weighted by Crippen LogP contribution is -2.14. The second-order valence-electron chi connectivity index (χ2n) is 13.1. The minimum atomic E-state index is 0.0133. The SMILES string of the molecule is C1=CCC(c2ccc(-c3nc(C4=CC=CC(c5ccccc5)C4)nc(C4C=C(c5ccccc5)c5c(sc6ccccc56)C4)n3)cc2)C=C1. The first-order chi connectivity index (χ1) is 24.3.